The fourth-order valence-electron chi connectivity index (χ4n) is 3.94. The molecule has 29 heavy (non-hydrogen) atoms. The predicted molar refractivity (Wildman–Crippen MR) is 119 cm³/mol. The van der Waals surface area contributed by atoms with Crippen molar-refractivity contribution in [3.63, 3.8) is 0 Å². The second-order valence-corrected chi connectivity index (χ2v) is 8.94. The van der Waals surface area contributed by atoms with Gasteiger partial charge in [0.15, 0.2) is 0 Å². The van der Waals surface area contributed by atoms with Gasteiger partial charge >= 0.3 is 0 Å². The molecule has 0 radical (unpaired) electrons. The summed E-state index contributed by atoms with van der Waals surface area (Å²) in [6.07, 6.45) is 1.92. The smallest absolute Gasteiger partial charge is 0.239 e. The van der Waals surface area contributed by atoms with Gasteiger partial charge in [-0.05, 0) is 66.1 Å². The Kier molecular flexibility index (Phi) is 7.44. The second-order valence-electron chi connectivity index (χ2n) is 8.07. The van der Waals surface area contributed by atoms with E-state index in [0.717, 1.165) is 36.5 Å². The van der Waals surface area contributed by atoms with Gasteiger partial charge in [-0.15, -0.1) is 0 Å². The molecule has 6 heteroatoms. The Balaban J connectivity index is 1.58. The summed E-state index contributed by atoms with van der Waals surface area (Å²) in [5.41, 5.74) is 2.15. The van der Waals surface area contributed by atoms with Gasteiger partial charge in [0.25, 0.3) is 0 Å². The topological polar surface area (TPSA) is 52.6 Å². The third-order valence-corrected chi connectivity index (χ3v) is 6.02. The van der Waals surface area contributed by atoms with Crippen LogP contribution in [0.1, 0.15) is 43.7 Å². The predicted octanol–water partition coefficient (Wildman–Crippen LogP) is 5.22. The minimum absolute atomic E-state index is 0.131. The first-order valence-corrected chi connectivity index (χ1v) is 10.8. The molecule has 1 fully saturated rings. The molecule has 1 aliphatic heterocycles. The van der Waals surface area contributed by atoms with Crippen molar-refractivity contribution in [2.75, 3.05) is 13.1 Å². The van der Waals surface area contributed by atoms with E-state index < -0.39 is 0 Å². The molecular weight excluding hydrogens is 407 g/mol. The third-order valence-electron chi connectivity index (χ3n) is 5.55. The van der Waals surface area contributed by atoms with Gasteiger partial charge in [-0.3, -0.25) is 4.79 Å². The molecule has 2 aromatic carbocycles. The summed E-state index contributed by atoms with van der Waals surface area (Å²) in [7, 11) is 0. The van der Waals surface area contributed by atoms with Crippen molar-refractivity contribution < 1.29 is 9.90 Å². The number of rotatable bonds is 6. The number of hydrogen-bond acceptors (Lipinski definition) is 3. The number of benzene rings is 2. The van der Waals surface area contributed by atoms with Crippen molar-refractivity contribution in [3.8, 4) is 5.75 Å². The molecule has 156 valence electrons. The first-order valence-electron chi connectivity index (χ1n) is 10.1. The van der Waals surface area contributed by atoms with E-state index in [9.17, 15) is 9.90 Å². The van der Waals surface area contributed by atoms with Crippen LogP contribution in [-0.2, 0) is 11.3 Å². The standard InChI is InChI=1S/C23H28Cl2N2O2/c1-15(2)22(26-14-16-11-20(25)13-21(28)12-16)23(29)27-9-7-18(8-10-27)17-3-5-19(24)6-4-17/h3-6,11-13,15,18,22,26,28H,7-10,14H2,1-2H3/t22-/m1/s1. The van der Waals surface area contributed by atoms with Crippen molar-refractivity contribution >= 4 is 29.1 Å². The SMILES string of the molecule is CC(C)[C@@H](NCc1cc(O)cc(Cl)c1)C(=O)N1CCC(c2ccc(Cl)cc2)CC1. The molecule has 1 amide bonds. The maximum Gasteiger partial charge on any atom is 0.239 e. The van der Waals surface area contributed by atoms with Gasteiger partial charge in [-0.1, -0.05) is 49.2 Å². The molecule has 0 aliphatic carbocycles. The zero-order chi connectivity index (χ0) is 21.0. The van der Waals surface area contributed by atoms with Gasteiger partial charge in [0.2, 0.25) is 5.91 Å². The van der Waals surface area contributed by atoms with Crippen molar-refractivity contribution in [3.05, 3.63) is 63.6 Å². The number of halogens is 2. The highest BCUT2D eigenvalue weighted by Gasteiger charge is 2.30. The molecule has 0 saturated carbocycles. The summed E-state index contributed by atoms with van der Waals surface area (Å²) < 4.78 is 0. The fraction of sp³-hybridized carbons (Fsp3) is 0.435. The van der Waals surface area contributed by atoms with Crippen molar-refractivity contribution in [2.45, 2.75) is 45.2 Å². The minimum atomic E-state index is -0.275. The Morgan fingerprint density at radius 3 is 2.34 bits per heavy atom. The summed E-state index contributed by atoms with van der Waals surface area (Å²) in [6, 6.07) is 12.7. The molecule has 0 spiro atoms. The van der Waals surface area contributed by atoms with Crippen LogP contribution in [0.2, 0.25) is 10.0 Å². The monoisotopic (exact) mass is 434 g/mol. The zero-order valence-electron chi connectivity index (χ0n) is 16.9. The average Bonchev–Trinajstić information content (AvgIpc) is 2.68. The molecule has 0 bridgehead atoms. The average molecular weight is 435 g/mol. The molecule has 1 heterocycles. The van der Waals surface area contributed by atoms with Crippen LogP contribution < -0.4 is 5.32 Å². The highest BCUT2D eigenvalue weighted by atomic mass is 35.5. The number of nitrogens with zero attached hydrogens (tertiary/aromatic N) is 1. The van der Waals surface area contributed by atoms with Crippen LogP contribution in [0, 0.1) is 5.92 Å². The van der Waals surface area contributed by atoms with E-state index in [0.29, 0.717) is 17.5 Å². The van der Waals surface area contributed by atoms with Gasteiger partial charge in [-0.2, -0.15) is 0 Å². The highest BCUT2D eigenvalue weighted by molar-refractivity contribution is 6.31. The summed E-state index contributed by atoms with van der Waals surface area (Å²) in [6.45, 7) is 6.09. The molecule has 0 unspecified atom stereocenters. The molecule has 3 rings (SSSR count). The number of amides is 1. The lowest BCUT2D eigenvalue weighted by molar-refractivity contribution is -0.135. The Morgan fingerprint density at radius 2 is 1.76 bits per heavy atom. The first kappa shape index (κ1) is 21.9. The number of phenolic OH excluding ortho intramolecular Hbond substituents is 1. The number of carbonyl (C=O) groups excluding carboxylic acids is 1. The maximum absolute atomic E-state index is 13.2. The number of carbonyl (C=O) groups is 1. The van der Waals surface area contributed by atoms with E-state index in [-0.39, 0.29) is 23.6 Å². The lowest BCUT2D eigenvalue weighted by Crippen LogP contribution is -2.51. The normalized spacial score (nSPS) is 16.2. The number of phenols is 1. The van der Waals surface area contributed by atoms with Gasteiger partial charge in [-0.25, -0.2) is 0 Å². The van der Waals surface area contributed by atoms with Crippen molar-refractivity contribution in [1.82, 2.24) is 10.2 Å². The van der Waals surface area contributed by atoms with E-state index in [4.69, 9.17) is 23.2 Å². The van der Waals surface area contributed by atoms with Crippen LogP contribution in [0.5, 0.6) is 5.75 Å². The van der Waals surface area contributed by atoms with Gasteiger partial charge in [0.1, 0.15) is 5.75 Å². The van der Waals surface area contributed by atoms with Gasteiger partial charge in [0, 0.05) is 29.7 Å². The molecule has 2 N–H and O–H groups in total. The zero-order valence-corrected chi connectivity index (χ0v) is 18.4. The second kappa shape index (κ2) is 9.84. The molecular formula is C23H28Cl2N2O2. The van der Waals surface area contributed by atoms with E-state index in [2.05, 4.69) is 17.4 Å². The molecule has 1 saturated heterocycles. The van der Waals surface area contributed by atoms with E-state index in [1.54, 1.807) is 12.1 Å². The molecule has 4 nitrogen and oxygen atoms in total. The maximum atomic E-state index is 13.2. The summed E-state index contributed by atoms with van der Waals surface area (Å²) in [4.78, 5) is 15.1. The largest absolute Gasteiger partial charge is 0.508 e. The summed E-state index contributed by atoms with van der Waals surface area (Å²) in [5, 5.41) is 14.3. The van der Waals surface area contributed by atoms with Crippen LogP contribution in [0.4, 0.5) is 0 Å². The quantitative estimate of drug-likeness (QED) is 0.654. The molecule has 1 atom stereocenters. The highest BCUT2D eigenvalue weighted by Crippen LogP contribution is 2.29. The van der Waals surface area contributed by atoms with Crippen LogP contribution in [0.25, 0.3) is 0 Å². The van der Waals surface area contributed by atoms with Gasteiger partial charge in [0.05, 0.1) is 6.04 Å². The van der Waals surface area contributed by atoms with Crippen molar-refractivity contribution in [1.29, 1.82) is 0 Å². The number of likely N-dealkylation sites (tertiary alicyclic amines) is 1. The number of piperidine rings is 1. The Morgan fingerprint density at radius 1 is 1.10 bits per heavy atom. The lowest BCUT2D eigenvalue weighted by atomic mass is 9.89. The molecule has 2 aromatic rings. The molecule has 0 aromatic heterocycles. The van der Waals surface area contributed by atoms with Crippen LogP contribution >= 0.6 is 23.2 Å². The first-order chi connectivity index (χ1) is 13.8. The van der Waals surface area contributed by atoms with E-state index in [1.165, 1.54) is 11.6 Å². The minimum Gasteiger partial charge on any atom is -0.508 e. The Hall–Kier alpha value is -1.75. The molecule has 1 aliphatic rings. The summed E-state index contributed by atoms with van der Waals surface area (Å²) in [5.74, 6) is 0.896. The Labute approximate surface area is 182 Å². The van der Waals surface area contributed by atoms with Gasteiger partial charge < -0.3 is 15.3 Å². The van der Waals surface area contributed by atoms with Crippen LogP contribution in [-0.4, -0.2) is 35.0 Å². The van der Waals surface area contributed by atoms with E-state index >= 15 is 0 Å². The Bertz CT molecular complexity index is 811. The number of hydrogen-bond donors (Lipinski definition) is 2. The van der Waals surface area contributed by atoms with Crippen LogP contribution in [0.15, 0.2) is 42.5 Å². The number of aromatic hydroxyl groups is 1. The summed E-state index contributed by atoms with van der Waals surface area (Å²) >= 11 is 12.0. The number of nitrogens with one attached hydrogen (secondary N) is 1. The van der Waals surface area contributed by atoms with Crippen LogP contribution in [0.3, 0.4) is 0 Å². The van der Waals surface area contributed by atoms with Crippen molar-refractivity contribution in [2.24, 2.45) is 5.92 Å². The lowest BCUT2D eigenvalue weighted by Gasteiger charge is -2.35. The third kappa shape index (κ3) is 5.88. The fourth-order valence-corrected chi connectivity index (χ4v) is 4.31. The van der Waals surface area contributed by atoms with E-state index in [1.807, 2.05) is 30.9 Å².